The first kappa shape index (κ1) is 25.5. The summed E-state index contributed by atoms with van der Waals surface area (Å²) in [4.78, 5) is 37.6. The number of benzene rings is 3. The number of nitrogens with one attached hydrogen (secondary N) is 2. The summed E-state index contributed by atoms with van der Waals surface area (Å²) >= 11 is 0. The molecule has 0 bridgehead atoms. The lowest BCUT2D eigenvalue weighted by atomic mass is 10.1. The van der Waals surface area contributed by atoms with E-state index in [1.165, 1.54) is 0 Å². The molecule has 0 saturated carbocycles. The number of aryl methyl sites for hydroxylation is 3. The molecule has 0 aliphatic heterocycles. The maximum absolute atomic E-state index is 12.7. The van der Waals surface area contributed by atoms with Gasteiger partial charge >= 0.3 is 5.97 Å². The fourth-order valence-corrected chi connectivity index (χ4v) is 3.62. The minimum Gasteiger partial charge on any atom is -0.497 e. The van der Waals surface area contributed by atoms with Gasteiger partial charge in [-0.25, -0.2) is 4.79 Å². The number of carbonyl (C=O) groups is 3. The van der Waals surface area contributed by atoms with Gasteiger partial charge in [0.1, 0.15) is 5.75 Å². The van der Waals surface area contributed by atoms with Crippen LogP contribution in [-0.2, 0) is 27.2 Å². The number of hydrogen-bond donors (Lipinski definition) is 2. The van der Waals surface area contributed by atoms with Crippen molar-refractivity contribution in [3.63, 3.8) is 0 Å². The molecule has 7 nitrogen and oxygen atoms in total. The van der Waals surface area contributed by atoms with Crippen molar-refractivity contribution in [3.05, 3.63) is 89.0 Å². The van der Waals surface area contributed by atoms with Crippen LogP contribution in [0.25, 0.3) is 0 Å². The molecule has 0 saturated heterocycles. The van der Waals surface area contributed by atoms with Crippen LogP contribution < -0.4 is 15.4 Å². The molecule has 0 fully saturated rings. The smallest absolute Gasteiger partial charge is 0.340 e. The summed E-state index contributed by atoms with van der Waals surface area (Å²) in [6.07, 6.45) is 1.55. The highest BCUT2D eigenvalue weighted by atomic mass is 16.5. The average Bonchev–Trinajstić information content (AvgIpc) is 2.87. The van der Waals surface area contributed by atoms with Crippen LogP contribution in [-0.4, -0.2) is 31.5 Å². The molecule has 3 aromatic rings. The van der Waals surface area contributed by atoms with Gasteiger partial charge in [-0.3, -0.25) is 9.59 Å². The molecule has 0 aliphatic rings. The molecular formula is C28H30N2O5. The predicted molar refractivity (Wildman–Crippen MR) is 136 cm³/mol. The number of carbonyl (C=O) groups excluding carboxylic acids is 3. The molecule has 3 rings (SSSR count). The van der Waals surface area contributed by atoms with Gasteiger partial charge in [0.25, 0.3) is 5.91 Å². The molecule has 0 atom stereocenters. The zero-order valence-electron chi connectivity index (χ0n) is 20.2. The van der Waals surface area contributed by atoms with Crippen molar-refractivity contribution in [1.82, 2.24) is 0 Å². The third kappa shape index (κ3) is 7.17. The van der Waals surface area contributed by atoms with E-state index in [4.69, 9.17) is 9.47 Å². The number of anilines is 2. The van der Waals surface area contributed by atoms with Crippen LogP contribution in [0.3, 0.4) is 0 Å². The first-order valence-electron chi connectivity index (χ1n) is 11.5. The van der Waals surface area contributed by atoms with E-state index in [9.17, 15) is 14.4 Å². The second-order valence-corrected chi connectivity index (χ2v) is 8.03. The van der Waals surface area contributed by atoms with Crippen molar-refractivity contribution in [1.29, 1.82) is 0 Å². The molecule has 7 heteroatoms. The Hall–Kier alpha value is -4.13. The normalized spacial score (nSPS) is 10.4. The van der Waals surface area contributed by atoms with Crippen molar-refractivity contribution in [2.24, 2.45) is 0 Å². The van der Waals surface area contributed by atoms with E-state index in [0.29, 0.717) is 12.1 Å². The van der Waals surface area contributed by atoms with E-state index >= 15 is 0 Å². The Labute approximate surface area is 205 Å². The van der Waals surface area contributed by atoms with E-state index in [1.807, 2.05) is 56.3 Å². The van der Waals surface area contributed by atoms with E-state index < -0.39 is 18.5 Å². The number of esters is 1. The van der Waals surface area contributed by atoms with Crippen molar-refractivity contribution < 1.29 is 23.9 Å². The molecular weight excluding hydrogens is 444 g/mol. The van der Waals surface area contributed by atoms with Gasteiger partial charge in [0, 0.05) is 12.1 Å². The third-order valence-electron chi connectivity index (χ3n) is 5.56. The van der Waals surface area contributed by atoms with Gasteiger partial charge in [-0.15, -0.1) is 0 Å². The molecule has 35 heavy (non-hydrogen) atoms. The summed E-state index contributed by atoms with van der Waals surface area (Å²) in [5.74, 6) is -0.593. The van der Waals surface area contributed by atoms with E-state index in [1.54, 1.807) is 31.4 Å². The molecule has 182 valence electrons. The van der Waals surface area contributed by atoms with Gasteiger partial charge in [-0.2, -0.15) is 0 Å². The molecule has 0 heterocycles. The van der Waals surface area contributed by atoms with Crippen molar-refractivity contribution >= 4 is 29.2 Å². The highest BCUT2D eigenvalue weighted by Crippen LogP contribution is 2.21. The Morgan fingerprint density at radius 2 is 1.60 bits per heavy atom. The average molecular weight is 475 g/mol. The van der Waals surface area contributed by atoms with Gasteiger partial charge < -0.3 is 20.1 Å². The highest BCUT2D eigenvalue weighted by Gasteiger charge is 2.17. The molecule has 2 amide bonds. The maximum atomic E-state index is 12.7. The Morgan fingerprint density at radius 1 is 0.857 bits per heavy atom. The largest absolute Gasteiger partial charge is 0.497 e. The second kappa shape index (κ2) is 12.4. The van der Waals surface area contributed by atoms with Gasteiger partial charge in [-0.1, -0.05) is 49.4 Å². The Balaban J connectivity index is 1.56. The lowest BCUT2D eigenvalue weighted by molar-refractivity contribution is -0.119. The Kier molecular flexibility index (Phi) is 9.01. The fourth-order valence-electron chi connectivity index (χ4n) is 3.62. The highest BCUT2D eigenvalue weighted by molar-refractivity contribution is 6.02. The van der Waals surface area contributed by atoms with Crippen LogP contribution >= 0.6 is 0 Å². The third-order valence-corrected chi connectivity index (χ3v) is 5.56. The summed E-state index contributed by atoms with van der Waals surface area (Å²) in [5, 5.41) is 5.60. The van der Waals surface area contributed by atoms with E-state index in [-0.39, 0.29) is 17.9 Å². The number of ether oxygens (including phenoxy) is 2. The molecule has 2 N–H and O–H groups in total. The zero-order valence-corrected chi connectivity index (χ0v) is 20.2. The topological polar surface area (TPSA) is 93.7 Å². The first-order valence-corrected chi connectivity index (χ1v) is 11.5. The van der Waals surface area contributed by atoms with Crippen LogP contribution in [0.2, 0.25) is 0 Å². The van der Waals surface area contributed by atoms with Crippen LogP contribution in [0.4, 0.5) is 11.4 Å². The molecule has 0 aromatic heterocycles. The quantitative estimate of drug-likeness (QED) is 0.406. The number of amides is 2. The molecule has 3 aromatic carbocycles. The summed E-state index contributed by atoms with van der Waals surface area (Å²) < 4.78 is 10.4. The van der Waals surface area contributed by atoms with E-state index in [0.717, 1.165) is 34.5 Å². The SMILES string of the molecule is CCc1cccc(C)c1NC(=O)COC(=O)c1ccccc1NC(=O)CCc1ccc(OC)cc1. The second-order valence-electron chi connectivity index (χ2n) is 8.03. The number of methoxy groups -OCH3 is 1. The molecule has 0 spiro atoms. The molecule has 0 radical (unpaired) electrons. The van der Waals surface area contributed by atoms with Gasteiger partial charge in [0.05, 0.1) is 18.4 Å². The maximum Gasteiger partial charge on any atom is 0.340 e. The van der Waals surface area contributed by atoms with Crippen molar-refractivity contribution in [2.75, 3.05) is 24.4 Å². The Morgan fingerprint density at radius 3 is 2.31 bits per heavy atom. The van der Waals surface area contributed by atoms with E-state index in [2.05, 4.69) is 10.6 Å². The molecule has 0 aliphatic carbocycles. The summed E-state index contributed by atoms with van der Waals surface area (Å²) in [6.45, 7) is 3.48. The van der Waals surface area contributed by atoms with Gasteiger partial charge in [0.2, 0.25) is 5.91 Å². The minimum atomic E-state index is -0.688. The monoisotopic (exact) mass is 474 g/mol. The first-order chi connectivity index (χ1) is 16.9. The number of para-hydroxylation sites is 2. The fraction of sp³-hybridized carbons (Fsp3) is 0.250. The summed E-state index contributed by atoms with van der Waals surface area (Å²) in [6, 6.07) is 19.9. The lowest BCUT2D eigenvalue weighted by Gasteiger charge is -2.14. The standard InChI is InChI=1S/C28H30N2O5/c1-4-21-9-7-8-19(2)27(21)30-26(32)18-35-28(33)23-10-5-6-11-24(23)29-25(31)17-14-20-12-15-22(34-3)16-13-20/h5-13,15-16H,4,14,17-18H2,1-3H3,(H,29,31)(H,30,32). The summed E-state index contributed by atoms with van der Waals surface area (Å²) in [5.41, 5.74) is 4.20. The van der Waals surface area contributed by atoms with Crippen LogP contribution in [0.5, 0.6) is 5.75 Å². The number of rotatable bonds is 10. The van der Waals surface area contributed by atoms with Gasteiger partial charge in [0.15, 0.2) is 6.61 Å². The zero-order chi connectivity index (χ0) is 25.2. The van der Waals surface area contributed by atoms with Crippen LogP contribution in [0, 0.1) is 6.92 Å². The van der Waals surface area contributed by atoms with Crippen molar-refractivity contribution in [2.45, 2.75) is 33.1 Å². The predicted octanol–water partition coefficient (Wildman–Crippen LogP) is 4.93. The summed E-state index contributed by atoms with van der Waals surface area (Å²) in [7, 11) is 1.60. The molecule has 0 unspecified atom stereocenters. The van der Waals surface area contributed by atoms with Crippen LogP contribution in [0.15, 0.2) is 66.7 Å². The van der Waals surface area contributed by atoms with Crippen molar-refractivity contribution in [3.8, 4) is 5.75 Å². The lowest BCUT2D eigenvalue weighted by Crippen LogP contribution is -2.23. The minimum absolute atomic E-state index is 0.184. The number of hydrogen-bond acceptors (Lipinski definition) is 5. The Bertz CT molecular complexity index is 1190. The van der Waals surface area contributed by atoms with Gasteiger partial charge in [-0.05, 0) is 60.7 Å². The van der Waals surface area contributed by atoms with Crippen LogP contribution in [0.1, 0.15) is 40.4 Å².